The van der Waals surface area contributed by atoms with Crippen LogP contribution in [0, 0.1) is 0 Å². The molecule has 4 nitrogen and oxygen atoms in total. The number of amides is 1. The normalized spacial score (nSPS) is 14.2. The molecule has 1 aliphatic heterocycles. The lowest BCUT2D eigenvalue weighted by molar-refractivity contribution is -0.114. The molecule has 1 amide bonds. The molecule has 3 rings (SSSR count). The molecular formula is C19H21Cl2N3O. The van der Waals surface area contributed by atoms with Gasteiger partial charge in [-0.05, 0) is 49.6 Å². The second-order valence-electron chi connectivity index (χ2n) is 6.09. The maximum Gasteiger partial charge on any atom is 0.243 e. The van der Waals surface area contributed by atoms with E-state index in [0.29, 0.717) is 15.7 Å². The monoisotopic (exact) mass is 377 g/mol. The van der Waals surface area contributed by atoms with Crippen LogP contribution in [0.25, 0.3) is 0 Å². The van der Waals surface area contributed by atoms with Gasteiger partial charge in [-0.1, -0.05) is 35.3 Å². The molecule has 0 radical (unpaired) electrons. The average molecular weight is 378 g/mol. The molecule has 2 aromatic rings. The van der Waals surface area contributed by atoms with Gasteiger partial charge in [0.25, 0.3) is 0 Å². The molecule has 1 fully saturated rings. The Bertz CT molecular complexity index is 745. The molecule has 25 heavy (non-hydrogen) atoms. The molecule has 2 N–H and O–H groups in total. The summed E-state index contributed by atoms with van der Waals surface area (Å²) < 4.78 is 0. The highest BCUT2D eigenvalue weighted by atomic mass is 35.5. The zero-order valence-electron chi connectivity index (χ0n) is 13.9. The van der Waals surface area contributed by atoms with Crippen LogP contribution < -0.4 is 15.5 Å². The van der Waals surface area contributed by atoms with Crippen molar-refractivity contribution < 1.29 is 4.79 Å². The van der Waals surface area contributed by atoms with Crippen molar-refractivity contribution in [2.45, 2.75) is 19.3 Å². The highest BCUT2D eigenvalue weighted by molar-refractivity contribution is 6.33. The molecule has 0 saturated carbocycles. The number of para-hydroxylation sites is 1. The average Bonchev–Trinajstić information content (AvgIpc) is 2.63. The predicted molar refractivity (Wildman–Crippen MR) is 106 cm³/mol. The summed E-state index contributed by atoms with van der Waals surface area (Å²) in [6, 6.07) is 13.0. The summed E-state index contributed by atoms with van der Waals surface area (Å²) in [5, 5.41) is 7.19. The number of halogens is 2. The smallest absolute Gasteiger partial charge is 0.243 e. The first-order chi connectivity index (χ1) is 12.1. The molecule has 0 bridgehead atoms. The van der Waals surface area contributed by atoms with Gasteiger partial charge in [-0.15, -0.1) is 0 Å². The number of anilines is 3. The standard InChI is InChI=1S/C19H21Cl2N3O/c20-14-8-9-18(24-10-4-1-5-11-24)17(12-14)22-13-19(25)23-16-7-3-2-6-15(16)21/h2-3,6-9,12,22H,1,4-5,10-11,13H2,(H,23,25). The first-order valence-corrected chi connectivity index (χ1v) is 9.22. The summed E-state index contributed by atoms with van der Waals surface area (Å²) in [6.45, 7) is 2.21. The molecule has 2 aromatic carbocycles. The van der Waals surface area contributed by atoms with E-state index >= 15 is 0 Å². The van der Waals surface area contributed by atoms with E-state index in [9.17, 15) is 4.79 Å². The zero-order chi connectivity index (χ0) is 17.6. The Morgan fingerprint density at radius 1 is 1.00 bits per heavy atom. The highest BCUT2D eigenvalue weighted by Gasteiger charge is 2.15. The third-order valence-corrected chi connectivity index (χ3v) is 4.81. The van der Waals surface area contributed by atoms with E-state index < -0.39 is 0 Å². The molecule has 0 aliphatic carbocycles. The fraction of sp³-hybridized carbons (Fsp3) is 0.316. The number of rotatable bonds is 5. The summed E-state index contributed by atoms with van der Waals surface area (Å²) in [5.74, 6) is -0.155. The molecular weight excluding hydrogens is 357 g/mol. The third-order valence-electron chi connectivity index (χ3n) is 4.24. The van der Waals surface area contributed by atoms with Crippen molar-refractivity contribution in [3.8, 4) is 0 Å². The lowest BCUT2D eigenvalue weighted by Crippen LogP contribution is -2.30. The van der Waals surface area contributed by atoms with Gasteiger partial charge in [0.2, 0.25) is 5.91 Å². The number of hydrogen-bond donors (Lipinski definition) is 2. The number of nitrogens with one attached hydrogen (secondary N) is 2. The highest BCUT2D eigenvalue weighted by Crippen LogP contribution is 2.31. The minimum absolute atomic E-state index is 0.145. The summed E-state index contributed by atoms with van der Waals surface area (Å²) in [4.78, 5) is 14.6. The van der Waals surface area contributed by atoms with Crippen LogP contribution in [-0.2, 0) is 4.79 Å². The van der Waals surface area contributed by atoms with Crippen LogP contribution in [-0.4, -0.2) is 25.5 Å². The Morgan fingerprint density at radius 2 is 1.76 bits per heavy atom. The molecule has 0 atom stereocenters. The zero-order valence-corrected chi connectivity index (χ0v) is 15.4. The van der Waals surface area contributed by atoms with Gasteiger partial charge in [-0.25, -0.2) is 0 Å². The largest absolute Gasteiger partial charge is 0.374 e. The fourth-order valence-corrected chi connectivity index (χ4v) is 3.35. The van der Waals surface area contributed by atoms with Crippen LogP contribution in [0.2, 0.25) is 10.0 Å². The Morgan fingerprint density at radius 3 is 2.52 bits per heavy atom. The molecule has 132 valence electrons. The van der Waals surface area contributed by atoms with Crippen molar-refractivity contribution in [2.24, 2.45) is 0 Å². The Balaban J connectivity index is 1.66. The van der Waals surface area contributed by atoms with Gasteiger partial charge < -0.3 is 15.5 Å². The summed E-state index contributed by atoms with van der Waals surface area (Å²) >= 11 is 12.2. The van der Waals surface area contributed by atoms with Gasteiger partial charge in [0.1, 0.15) is 0 Å². The number of carbonyl (C=O) groups excluding carboxylic acids is 1. The minimum atomic E-state index is -0.155. The first kappa shape index (κ1) is 17.9. The summed E-state index contributed by atoms with van der Waals surface area (Å²) in [6.07, 6.45) is 3.65. The van der Waals surface area contributed by atoms with Gasteiger partial charge >= 0.3 is 0 Å². The van der Waals surface area contributed by atoms with E-state index in [1.807, 2.05) is 30.3 Å². The fourth-order valence-electron chi connectivity index (χ4n) is 2.99. The van der Waals surface area contributed by atoms with E-state index in [-0.39, 0.29) is 12.5 Å². The molecule has 1 saturated heterocycles. The molecule has 6 heteroatoms. The number of piperidine rings is 1. The molecule has 0 aromatic heterocycles. The van der Waals surface area contributed by atoms with Crippen LogP contribution in [0.15, 0.2) is 42.5 Å². The second-order valence-corrected chi connectivity index (χ2v) is 6.93. The Hall–Kier alpha value is -1.91. The second kappa shape index (κ2) is 8.45. The van der Waals surface area contributed by atoms with Gasteiger partial charge in [-0.3, -0.25) is 4.79 Å². The summed E-state index contributed by atoms with van der Waals surface area (Å²) in [7, 11) is 0. The van der Waals surface area contributed by atoms with E-state index in [1.54, 1.807) is 12.1 Å². The van der Waals surface area contributed by atoms with Gasteiger partial charge in [0.05, 0.1) is 28.6 Å². The van der Waals surface area contributed by atoms with E-state index in [4.69, 9.17) is 23.2 Å². The maximum absolute atomic E-state index is 12.2. The van der Waals surface area contributed by atoms with Crippen LogP contribution in [0.1, 0.15) is 19.3 Å². The van der Waals surface area contributed by atoms with Crippen molar-refractivity contribution in [3.05, 3.63) is 52.5 Å². The lowest BCUT2D eigenvalue weighted by atomic mass is 10.1. The molecule has 1 heterocycles. The Labute approximate surface area is 158 Å². The number of benzene rings is 2. The van der Waals surface area contributed by atoms with Crippen molar-refractivity contribution in [1.82, 2.24) is 0 Å². The Kier molecular flexibility index (Phi) is 6.05. The van der Waals surface area contributed by atoms with E-state index in [2.05, 4.69) is 15.5 Å². The topological polar surface area (TPSA) is 44.4 Å². The van der Waals surface area contributed by atoms with Gasteiger partial charge in [-0.2, -0.15) is 0 Å². The molecule has 0 unspecified atom stereocenters. The van der Waals surface area contributed by atoms with Crippen molar-refractivity contribution in [3.63, 3.8) is 0 Å². The number of nitrogens with zero attached hydrogens (tertiary/aromatic N) is 1. The van der Waals surface area contributed by atoms with E-state index in [0.717, 1.165) is 24.5 Å². The quantitative estimate of drug-likeness (QED) is 0.767. The molecule has 1 aliphatic rings. The maximum atomic E-state index is 12.2. The summed E-state index contributed by atoms with van der Waals surface area (Å²) in [5.41, 5.74) is 2.58. The molecule has 0 spiro atoms. The van der Waals surface area contributed by atoms with Crippen LogP contribution in [0.3, 0.4) is 0 Å². The van der Waals surface area contributed by atoms with Gasteiger partial charge in [0.15, 0.2) is 0 Å². The first-order valence-electron chi connectivity index (χ1n) is 8.46. The third kappa shape index (κ3) is 4.80. The van der Waals surface area contributed by atoms with Crippen molar-refractivity contribution in [2.75, 3.05) is 35.2 Å². The number of hydrogen-bond acceptors (Lipinski definition) is 3. The van der Waals surface area contributed by atoms with E-state index in [1.165, 1.54) is 19.3 Å². The predicted octanol–water partition coefficient (Wildman–Crippen LogP) is 5.03. The van der Waals surface area contributed by atoms with Crippen LogP contribution in [0.4, 0.5) is 17.1 Å². The van der Waals surface area contributed by atoms with Gasteiger partial charge in [0, 0.05) is 18.1 Å². The van der Waals surface area contributed by atoms with Crippen LogP contribution >= 0.6 is 23.2 Å². The van der Waals surface area contributed by atoms with Crippen molar-refractivity contribution >= 4 is 46.2 Å². The lowest BCUT2D eigenvalue weighted by Gasteiger charge is -2.30. The minimum Gasteiger partial charge on any atom is -0.374 e. The SMILES string of the molecule is O=C(CNc1cc(Cl)ccc1N1CCCCC1)Nc1ccccc1Cl. The van der Waals surface area contributed by atoms with Crippen LogP contribution in [0.5, 0.6) is 0 Å². The van der Waals surface area contributed by atoms with Crippen molar-refractivity contribution in [1.29, 1.82) is 0 Å². The number of carbonyl (C=O) groups is 1.